The summed E-state index contributed by atoms with van der Waals surface area (Å²) in [5, 5.41) is 2.49. The Labute approximate surface area is 152 Å². The van der Waals surface area contributed by atoms with Crippen LogP contribution in [-0.4, -0.2) is 41.2 Å². The number of carbonyl (C=O) groups is 3. The quantitative estimate of drug-likeness (QED) is 0.841. The zero-order valence-electron chi connectivity index (χ0n) is 14.9. The Hall–Kier alpha value is -3.15. The van der Waals surface area contributed by atoms with E-state index in [0.717, 1.165) is 10.5 Å². The highest BCUT2D eigenvalue weighted by molar-refractivity contribution is 6.02. The predicted octanol–water partition coefficient (Wildman–Crippen LogP) is 2.32. The van der Waals surface area contributed by atoms with Crippen LogP contribution in [0.5, 0.6) is 0 Å². The zero-order valence-corrected chi connectivity index (χ0v) is 14.9. The van der Waals surface area contributed by atoms with Crippen LogP contribution < -0.4 is 5.32 Å². The van der Waals surface area contributed by atoms with Gasteiger partial charge in [-0.2, -0.15) is 0 Å². The maximum atomic E-state index is 12.9. The topological polar surface area (TPSA) is 69.7 Å². The minimum Gasteiger partial charge on any atom is -0.337 e. The molecule has 2 aromatic rings. The van der Waals surface area contributed by atoms with Gasteiger partial charge in [-0.15, -0.1) is 0 Å². The number of urea groups is 1. The third-order valence-corrected chi connectivity index (χ3v) is 4.40. The van der Waals surface area contributed by atoms with Crippen molar-refractivity contribution in [2.24, 2.45) is 0 Å². The summed E-state index contributed by atoms with van der Waals surface area (Å²) in [5.41, 5.74) is 3.35. The molecule has 6 nitrogen and oxygen atoms in total. The van der Waals surface area contributed by atoms with Gasteiger partial charge in [-0.25, -0.2) is 4.79 Å². The van der Waals surface area contributed by atoms with Gasteiger partial charge < -0.3 is 10.2 Å². The summed E-state index contributed by atoms with van der Waals surface area (Å²) < 4.78 is 0. The monoisotopic (exact) mass is 351 g/mol. The Bertz CT molecular complexity index is 830. The van der Waals surface area contributed by atoms with Gasteiger partial charge in [0.25, 0.3) is 5.91 Å². The smallest absolute Gasteiger partial charge is 0.324 e. The molecule has 0 spiro atoms. The molecule has 2 aromatic carbocycles. The summed E-state index contributed by atoms with van der Waals surface area (Å²) in [6.07, 6.45) is 0. The third-order valence-electron chi connectivity index (χ3n) is 4.40. The van der Waals surface area contributed by atoms with Gasteiger partial charge in [-0.05, 0) is 24.1 Å². The fourth-order valence-electron chi connectivity index (χ4n) is 2.90. The first-order chi connectivity index (χ1) is 12.5. The van der Waals surface area contributed by atoms with Crippen LogP contribution in [-0.2, 0) is 17.9 Å². The van der Waals surface area contributed by atoms with E-state index in [1.165, 1.54) is 5.56 Å². The normalized spacial score (nSPS) is 13.7. The second-order valence-corrected chi connectivity index (χ2v) is 6.44. The lowest BCUT2D eigenvalue weighted by molar-refractivity contribution is -0.125. The highest BCUT2D eigenvalue weighted by Crippen LogP contribution is 2.17. The molecule has 134 valence electrons. The van der Waals surface area contributed by atoms with Crippen LogP contribution in [0.15, 0.2) is 48.5 Å². The number of amides is 4. The molecule has 0 bridgehead atoms. The molecule has 0 aliphatic carbocycles. The Morgan fingerprint density at radius 3 is 2.46 bits per heavy atom. The number of carbonyl (C=O) groups excluding carboxylic acids is 3. The molecule has 4 amide bonds. The van der Waals surface area contributed by atoms with E-state index in [1.54, 1.807) is 36.2 Å². The average Bonchev–Trinajstić information content (AvgIpc) is 2.95. The van der Waals surface area contributed by atoms with Crippen molar-refractivity contribution in [3.05, 3.63) is 70.8 Å². The van der Waals surface area contributed by atoms with Crippen molar-refractivity contribution in [3.8, 4) is 0 Å². The first-order valence-corrected chi connectivity index (χ1v) is 8.43. The number of imide groups is 1. The summed E-state index contributed by atoms with van der Waals surface area (Å²) in [6.45, 7) is 2.59. The van der Waals surface area contributed by atoms with Crippen LogP contribution in [0, 0.1) is 6.92 Å². The summed E-state index contributed by atoms with van der Waals surface area (Å²) in [4.78, 5) is 39.3. The summed E-state index contributed by atoms with van der Waals surface area (Å²) in [6, 6.07) is 14.7. The molecule has 0 saturated carbocycles. The van der Waals surface area contributed by atoms with E-state index >= 15 is 0 Å². The minimum absolute atomic E-state index is 0.00226. The van der Waals surface area contributed by atoms with Crippen molar-refractivity contribution >= 4 is 17.8 Å². The number of nitrogens with one attached hydrogen (secondary N) is 1. The van der Waals surface area contributed by atoms with Crippen LogP contribution in [0.25, 0.3) is 0 Å². The molecular weight excluding hydrogens is 330 g/mol. The Morgan fingerprint density at radius 2 is 1.81 bits per heavy atom. The molecule has 0 atom stereocenters. The lowest BCUT2D eigenvalue weighted by Crippen LogP contribution is -2.32. The number of rotatable bonds is 5. The molecule has 0 aromatic heterocycles. The van der Waals surface area contributed by atoms with E-state index in [1.807, 2.05) is 31.2 Å². The third kappa shape index (κ3) is 3.74. The molecule has 6 heteroatoms. The zero-order chi connectivity index (χ0) is 18.7. The van der Waals surface area contributed by atoms with Gasteiger partial charge in [0, 0.05) is 19.2 Å². The van der Waals surface area contributed by atoms with Gasteiger partial charge in [0.2, 0.25) is 5.91 Å². The fourth-order valence-corrected chi connectivity index (χ4v) is 2.90. The van der Waals surface area contributed by atoms with Crippen molar-refractivity contribution < 1.29 is 14.4 Å². The van der Waals surface area contributed by atoms with Crippen LogP contribution >= 0.6 is 0 Å². The van der Waals surface area contributed by atoms with Crippen molar-refractivity contribution in [1.29, 1.82) is 0 Å². The summed E-state index contributed by atoms with van der Waals surface area (Å²) in [7, 11) is 1.74. The van der Waals surface area contributed by atoms with Gasteiger partial charge in [-0.3, -0.25) is 14.5 Å². The number of hydrogen-bond donors (Lipinski definition) is 1. The first kappa shape index (κ1) is 17.7. The maximum Gasteiger partial charge on any atom is 0.324 e. The van der Waals surface area contributed by atoms with Gasteiger partial charge in [0.1, 0.15) is 0 Å². The molecule has 26 heavy (non-hydrogen) atoms. The maximum absolute atomic E-state index is 12.9. The van der Waals surface area contributed by atoms with E-state index in [0.29, 0.717) is 17.7 Å². The van der Waals surface area contributed by atoms with Gasteiger partial charge in [0.05, 0.1) is 13.1 Å². The van der Waals surface area contributed by atoms with E-state index in [4.69, 9.17) is 0 Å². The standard InChI is InChI=1S/C20H21N3O3/c1-14-7-9-15(10-8-14)12-22(2)19(25)17-6-4-3-5-16(17)13-23-18(24)11-21-20(23)26/h3-10H,11-13H2,1-2H3,(H,21,26). The Balaban J connectivity index is 1.77. The number of nitrogens with zero attached hydrogens (tertiary/aromatic N) is 2. The molecule has 1 aliphatic heterocycles. The van der Waals surface area contributed by atoms with E-state index in [2.05, 4.69) is 5.32 Å². The highest BCUT2D eigenvalue weighted by atomic mass is 16.2. The largest absolute Gasteiger partial charge is 0.337 e. The van der Waals surface area contributed by atoms with Gasteiger partial charge >= 0.3 is 6.03 Å². The fraction of sp³-hybridized carbons (Fsp3) is 0.250. The summed E-state index contributed by atoms with van der Waals surface area (Å²) in [5.74, 6) is -0.432. The highest BCUT2D eigenvalue weighted by Gasteiger charge is 2.29. The first-order valence-electron chi connectivity index (χ1n) is 8.43. The Morgan fingerprint density at radius 1 is 1.12 bits per heavy atom. The van der Waals surface area contributed by atoms with Crippen molar-refractivity contribution in [3.63, 3.8) is 0 Å². The van der Waals surface area contributed by atoms with Crippen molar-refractivity contribution in [2.75, 3.05) is 13.6 Å². The van der Waals surface area contributed by atoms with E-state index in [-0.39, 0.29) is 24.9 Å². The van der Waals surface area contributed by atoms with E-state index < -0.39 is 6.03 Å². The Kier molecular flexibility index (Phi) is 5.02. The molecule has 1 aliphatic rings. The lowest BCUT2D eigenvalue weighted by atomic mass is 10.1. The van der Waals surface area contributed by atoms with Crippen LogP contribution in [0.2, 0.25) is 0 Å². The molecule has 1 saturated heterocycles. The number of benzene rings is 2. The van der Waals surface area contributed by atoms with Crippen LogP contribution in [0.4, 0.5) is 4.79 Å². The molecule has 3 rings (SSSR count). The SMILES string of the molecule is Cc1ccc(CN(C)C(=O)c2ccccc2CN2C(=O)CNC2=O)cc1. The number of hydrogen-bond acceptors (Lipinski definition) is 3. The minimum atomic E-state index is -0.426. The van der Waals surface area contributed by atoms with Crippen LogP contribution in [0.1, 0.15) is 27.0 Å². The molecule has 1 heterocycles. The average molecular weight is 351 g/mol. The van der Waals surface area contributed by atoms with Crippen molar-refractivity contribution in [2.45, 2.75) is 20.0 Å². The second kappa shape index (κ2) is 7.39. The molecule has 0 unspecified atom stereocenters. The molecule has 0 radical (unpaired) electrons. The molecular formula is C20H21N3O3. The van der Waals surface area contributed by atoms with E-state index in [9.17, 15) is 14.4 Å². The predicted molar refractivity (Wildman–Crippen MR) is 97.4 cm³/mol. The van der Waals surface area contributed by atoms with Gasteiger partial charge in [-0.1, -0.05) is 48.0 Å². The summed E-state index contributed by atoms with van der Waals surface area (Å²) >= 11 is 0. The van der Waals surface area contributed by atoms with Crippen molar-refractivity contribution in [1.82, 2.24) is 15.1 Å². The second-order valence-electron chi connectivity index (χ2n) is 6.44. The molecule has 1 fully saturated rings. The number of aryl methyl sites for hydroxylation is 1. The lowest BCUT2D eigenvalue weighted by Gasteiger charge is -2.21. The van der Waals surface area contributed by atoms with Crippen LogP contribution in [0.3, 0.4) is 0 Å². The molecule has 1 N–H and O–H groups in total. The van der Waals surface area contributed by atoms with Gasteiger partial charge in [0.15, 0.2) is 0 Å².